The molecule has 30 heavy (non-hydrogen) atoms. The van der Waals surface area contributed by atoms with Gasteiger partial charge in [0.1, 0.15) is 11.3 Å². The van der Waals surface area contributed by atoms with Gasteiger partial charge < -0.3 is 15.4 Å². The molecule has 1 saturated heterocycles. The van der Waals surface area contributed by atoms with Crippen molar-refractivity contribution in [3.8, 4) is 17.2 Å². The monoisotopic (exact) mass is 404 g/mol. The van der Waals surface area contributed by atoms with Crippen molar-refractivity contribution >= 4 is 22.9 Å². The quantitative estimate of drug-likeness (QED) is 0.531. The molecule has 0 aliphatic carbocycles. The average molecular weight is 404 g/mol. The van der Waals surface area contributed by atoms with Crippen molar-refractivity contribution in [2.24, 2.45) is 0 Å². The van der Waals surface area contributed by atoms with Gasteiger partial charge in [-0.05, 0) is 31.2 Å². The van der Waals surface area contributed by atoms with Crippen LogP contribution in [0.5, 0.6) is 0 Å². The van der Waals surface area contributed by atoms with E-state index in [2.05, 4.69) is 25.1 Å². The molecule has 4 aromatic rings. The highest BCUT2D eigenvalue weighted by molar-refractivity contribution is 5.97. The molecular weight excluding hydrogens is 384 g/mol. The number of amides is 1. The Morgan fingerprint density at radius 3 is 2.90 bits per heavy atom. The number of nitrogens with one attached hydrogen (secondary N) is 1. The summed E-state index contributed by atoms with van der Waals surface area (Å²) in [6.07, 6.45) is 5.31. The van der Waals surface area contributed by atoms with Crippen molar-refractivity contribution in [2.75, 3.05) is 25.4 Å². The fourth-order valence-electron chi connectivity index (χ4n) is 3.59. The highest BCUT2D eigenvalue weighted by Gasteiger charge is 2.23. The Morgan fingerprint density at radius 2 is 2.17 bits per heavy atom. The Labute approximate surface area is 171 Å². The minimum atomic E-state index is -0.0235. The molecule has 1 amide bonds. The van der Waals surface area contributed by atoms with Crippen LogP contribution in [0.2, 0.25) is 0 Å². The van der Waals surface area contributed by atoms with Crippen molar-refractivity contribution in [2.45, 2.75) is 13.0 Å². The zero-order valence-corrected chi connectivity index (χ0v) is 16.3. The Bertz CT molecular complexity index is 1210. The van der Waals surface area contributed by atoms with E-state index >= 15 is 0 Å². The van der Waals surface area contributed by atoms with Gasteiger partial charge in [-0.3, -0.25) is 19.4 Å². The predicted molar refractivity (Wildman–Crippen MR) is 110 cm³/mol. The van der Waals surface area contributed by atoms with E-state index in [1.807, 2.05) is 46.9 Å². The van der Waals surface area contributed by atoms with Crippen LogP contribution >= 0.6 is 0 Å². The van der Waals surface area contributed by atoms with Crippen LogP contribution in [0, 0.1) is 0 Å². The summed E-state index contributed by atoms with van der Waals surface area (Å²) >= 11 is 0. The van der Waals surface area contributed by atoms with Gasteiger partial charge in [-0.1, -0.05) is 0 Å². The largest absolute Gasteiger partial charge is 0.375 e. The second-order valence-electron chi connectivity index (χ2n) is 7.20. The second kappa shape index (κ2) is 7.23. The molecule has 1 fully saturated rings. The summed E-state index contributed by atoms with van der Waals surface area (Å²) in [7, 11) is 0. The first-order chi connectivity index (χ1) is 14.6. The molecule has 0 spiro atoms. The average Bonchev–Trinajstić information content (AvgIpc) is 3.39. The number of carbonyl (C=O) groups excluding carboxylic acids is 1. The van der Waals surface area contributed by atoms with E-state index in [-0.39, 0.29) is 18.0 Å². The van der Waals surface area contributed by atoms with Gasteiger partial charge in [0.15, 0.2) is 5.82 Å². The number of anilines is 1. The molecule has 1 aliphatic heterocycles. The molecule has 3 N–H and O–H groups in total. The van der Waals surface area contributed by atoms with Gasteiger partial charge in [-0.15, -0.1) is 5.10 Å². The van der Waals surface area contributed by atoms with Crippen LogP contribution in [-0.4, -0.2) is 66.3 Å². The van der Waals surface area contributed by atoms with Gasteiger partial charge in [-0.2, -0.15) is 4.98 Å². The molecule has 4 aromatic heterocycles. The van der Waals surface area contributed by atoms with Gasteiger partial charge >= 0.3 is 0 Å². The number of fused-ring (bicyclic) bond motifs is 1. The summed E-state index contributed by atoms with van der Waals surface area (Å²) in [6.45, 7) is 3.71. The van der Waals surface area contributed by atoms with E-state index in [0.717, 1.165) is 16.7 Å². The maximum Gasteiger partial charge on any atom is 0.255 e. The lowest BCUT2D eigenvalue weighted by molar-refractivity contribution is -0.0124. The summed E-state index contributed by atoms with van der Waals surface area (Å²) in [6, 6.07) is 7.56. The number of nitrogen functional groups attached to an aromatic ring is 1. The number of carbonyl (C=O) groups is 1. The normalized spacial score (nSPS) is 16.8. The van der Waals surface area contributed by atoms with Crippen LogP contribution in [0.15, 0.2) is 42.9 Å². The van der Waals surface area contributed by atoms with Gasteiger partial charge in [0.25, 0.3) is 5.91 Å². The molecule has 1 atom stereocenters. The van der Waals surface area contributed by atoms with Crippen molar-refractivity contribution in [1.29, 1.82) is 0 Å². The first-order valence-corrected chi connectivity index (χ1v) is 9.61. The first-order valence-electron chi connectivity index (χ1n) is 9.61. The van der Waals surface area contributed by atoms with Crippen molar-refractivity contribution < 1.29 is 9.53 Å². The number of ether oxygens (including phenoxy) is 1. The van der Waals surface area contributed by atoms with Crippen LogP contribution < -0.4 is 5.73 Å². The smallest absolute Gasteiger partial charge is 0.255 e. The molecular formula is C20H20N8O2. The third-order valence-corrected chi connectivity index (χ3v) is 5.07. The third-order valence-electron chi connectivity index (χ3n) is 5.07. The van der Waals surface area contributed by atoms with Crippen LogP contribution in [0.1, 0.15) is 17.3 Å². The molecule has 10 nitrogen and oxygen atoms in total. The van der Waals surface area contributed by atoms with E-state index < -0.39 is 0 Å². The highest BCUT2D eigenvalue weighted by Crippen LogP contribution is 2.22. The lowest BCUT2D eigenvalue weighted by Crippen LogP contribution is -2.44. The number of hydrogen-bond acceptors (Lipinski definition) is 7. The van der Waals surface area contributed by atoms with Crippen molar-refractivity contribution in [1.82, 2.24) is 34.6 Å². The molecule has 0 aromatic carbocycles. The Balaban J connectivity index is 1.42. The number of rotatable bonds is 3. The minimum absolute atomic E-state index is 0.0235. The topological polar surface area (TPSA) is 128 Å². The Hall–Kier alpha value is -3.79. The van der Waals surface area contributed by atoms with Crippen LogP contribution in [0.3, 0.4) is 0 Å². The van der Waals surface area contributed by atoms with Crippen molar-refractivity contribution in [3.05, 3.63) is 48.4 Å². The summed E-state index contributed by atoms with van der Waals surface area (Å²) in [5.74, 6) is 0.660. The second-order valence-corrected chi connectivity index (χ2v) is 7.20. The minimum Gasteiger partial charge on any atom is -0.375 e. The zero-order chi connectivity index (χ0) is 20.7. The highest BCUT2D eigenvalue weighted by atomic mass is 16.5. The molecule has 0 radical (unpaired) electrons. The molecule has 152 valence electrons. The molecule has 1 unspecified atom stereocenters. The summed E-state index contributed by atoms with van der Waals surface area (Å²) in [5.41, 5.74) is 8.35. The van der Waals surface area contributed by atoms with Gasteiger partial charge in [0.2, 0.25) is 5.95 Å². The maximum absolute atomic E-state index is 12.8. The summed E-state index contributed by atoms with van der Waals surface area (Å²) in [5, 5.41) is 7.44. The van der Waals surface area contributed by atoms with E-state index in [1.165, 1.54) is 0 Å². The number of nitrogens with two attached hydrogens (primary N) is 1. The number of aromatic amines is 1. The van der Waals surface area contributed by atoms with Crippen LogP contribution in [0.25, 0.3) is 28.2 Å². The third kappa shape index (κ3) is 3.26. The molecule has 0 bridgehead atoms. The van der Waals surface area contributed by atoms with Crippen molar-refractivity contribution in [3.63, 3.8) is 0 Å². The lowest BCUT2D eigenvalue weighted by atomic mass is 10.2. The number of pyridine rings is 2. The van der Waals surface area contributed by atoms with Crippen LogP contribution in [0.4, 0.5) is 5.95 Å². The number of aromatic nitrogens is 6. The summed E-state index contributed by atoms with van der Waals surface area (Å²) < 4.78 is 7.44. The predicted octanol–water partition coefficient (Wildman–Crippen LogP) is 1.65. The number of H-pyrrole nitrogens is 1. The fourth-order valence-corrected chi connectivity index (χ4v) is 3.59. The number of hydrogen-bond donors (Lipinski definition) is 2. The Morgan fingerprint density at radius 1 is 1.27 bits per heavy atom. The SMILES string of the molecule is CC1CN(C(=O)c2cnc3c(ccn3-c3ccc(-c4nc(N)n[nH]4)nc3)c2)CCO1. The van der Waals surface area contributed by atoms with E-state index in [4.69, 9.17) is 10.5 Å². The molecule has 0 saturated carbocycles. The van der Waals surface area contributed by atoms with E-state index in [9.17, 15) is 4.79 Å². The molecule has 1 aliphatic rings. The molecule has 10 heteroatoms. The maximum atomic E-state index is 12.8. The van der Waals surface area contributed by atoms with Crippen LogP contribution in [-0.2, 0) is 4.74 Å². The molecule has 5 heterocycles. The van der Waals surface area contributed by atoms with E-state index in [1.54, 1.807) is 12.4 Å². The van der Waals surface area contributed by atoms with Gasteiger partial charge in [0, 0.05) is 30.9 Å². The lowest BCUT2D eigenvalue weighted by Gasteiger charge is -2.31. The van der Waals surface area contributed by atoms with E-state index in [0.29, 0.717) is 36.8 Å². The van der Waals surface area contributed by atoms with Gasteiger partial charge in [0.05, 0.1) is 30.2 Å². The number of morpholine rings is 1. The van der Waals surface area contributed by atoms with Gasteiger partial charge in [-0.25, -0.2) is 4.98 Å². The first kappa shape index (κ1) is 18.3. The molecule has 5 rings (SSSR count). The fraction of sp³-hybridized carbons (Fsp3) is 0.250. The zero-order valence-electron chi connectivity index (χ0n) is 16.3. The summed E-state index contributed by atoms with van der Waals surface area (Å²) in [4.78, 5) is 27.7. The standard InChI is InChI=1S/C20H20N8O2/c1-12-11-27(6-7-30-12)19(29)14-8-13-4-5-28(18(13)23-9-14)15-2-3-16(22-10-15)17-24-20(21)26-25-17/h2-5,8-10,12H,6-7,11H2,1H3,(H3,21,24,25,26). The Kier molecular flexibility index (Phi) is 4.40. The number of nitrogens with zero attached hydrogens (tertiary/aromatic N) is 6.